The quantitative estimate of drug-likeness (QED) is 0.835. The van der Waals surface area contributed by atoms with E-state index in [2.05, 4.69) is 47.0 Å². The lowest BCUT2D eigenvalue weighted by molar-refractivity contribution is 0.0824. The third-order valence-corrected chi connectivity index (χ3v) is 7.48. The Labute approximate surface area is 155 Å². The van der Waals surface area contributed by atoms with Crippen molar-refractivity contribution >= 4 is 27.5 Å². The van der Waals surface area contributed by atoms with Gasteiger partial charge in [0.1, 0.15) is 11.2 Å². The highest BCUT2D eigenvalue weighted by Crippen LogP contribution is 2.65. The Morgan fingerprint density at radius 1 is 1.36 bits per heavy atom. The smallest absolute Gasteiger partial charge is 0.270 e. The molecule has 2 aromatic rings. The minimum Gasteiger partial charge on any atom is -0.349 e. The third kappa shape index (κ3) is 2.30. The molecule has 0 aliphatic heterocycles. The maximum Gasteiger partial charge on any atom is 0.270 e. The lowest BCUT2D eigenvalue weighted by Crippen LogP contribution is -2.48. The van der Waals surface area contributed by atoms with Crippen LogP contribution < -0.4 is 10.9 Å². The number of nitrogens with one attached hydrogen (secondary N) is 1. The van der Waals surface area contributed by atoms with Crippen LogP contribution in [0.1, 0.15) is 50.4 Å². The molecule has 4 rings (SSSR count). The van der Waals surface area contributed by atoms with E-state index in [1.807, 2.05) is 6.07 Å². The zero-order chi connectivity index (χ0) is 18.0. The van der Waals surface area contributed by atoms with Crippen molar-refractivity contribution in [3.05, 3.63) is 44.9 Å². The van der Waals surface area contributed by atoms with Gasteiger partial charge in [-0.25, -0.2) is 4.98 Å². The van der Waals surface area contributed by atoms with Crippen LogP contribution in [0.25, 0.3) is 5.65 Å². The highest BCUT2D eigenvalue weighted by molar-refractivity contribution is 9.10. The largest absolute Gasteiger partial charge is 0.349 e. The molecule has 1 N–H and O–H groups in total. The molecule has 0 saturated heterocycles. The van der Waals surface area contributed by atoms with Gasteiger partial charge in [0.2, 0.25) is 0 Å². The zero-order valence-corrected chi connectivity index (χ0v) is 16.3. The van der Waals surface area contributed by atoms with Gasteiger partial charge in [0.25, 0.3) is 11.5 Å². The number of pyridine rings is 1. The summed E-state index contributed by atoms with van der Waals surface area (Å²) in [7, 11) is 0. The summed E-state index contributed by atoms with van der Waals surface area (Å²) in [6.07, 6.45) is 6.37. The molecule has 25 heavy (non-hydrogen) atoms. The van der Waals surface area contributed by atoms with Crippen LogP contribution in [-0.4, -0.2) is 21.3 Å². The summed E-state index contributed by atoms with van der Waals surface area (Å²) in [5, 5.41) is 3.14. The average molecular weight is 404 g/mol. The van der Waals surface area contributed by atoms with Crippen molar-refractivity contribution in [1.82, 2.24) is 14.7 Å². The highest BCUT2D eigenvalue weighted by atomic mass is 79.9. The number of rotatable bonds is 2. The summed E-state index contributed by atoms with van der Waals surface area (Å²) < 4.78 is 2.18. The number of nitrogens with zero attached hydrogens (tertiary/aromatic N) is 2. The molecule has 2 aromatic heterocycles. The van der Waals surface area contributed by atoms with Crippen molar-refractivity contribution in [3.63, 3.8) is 0 Å². The number of carbonyl (C=O) groups excluding carboxylic acids is 1. The number of aromatic nitrogens is 2. The second-order valence-corrected chi connectivity index (χ2v) is 9.10. The van der Waals surface area contributed by atoms with Crippen molar-refractivity contribution in [2.24, 2.45) is 16.7 Å². The highest BCUT2D eigenvalue weighted by Gasteiger charge is 2.61. The first-order valence-electron chi connectivity index (χ1n) is 8.72. The van der Waals surface area contributed by atoms with Gasteiger partial charge < -0.3 is 5.32 Å². The molecule has 2 fully saturated rings. The fourth-order valence-electron chi connectivity index (χ4n) is 4.86. The molecule has 0 aromatic carbocycles. The third-order valence-electron chi connectivity index (χ3n) is 7.01. The Morgan fingerprint density at radius 3 is 2.76 bits per heavy atom. The summed E-state index contributed by atoms with van der Waals surface area (Å²) >= 11 is 3.35. The number of hydrogen-bond donors (Lipinski definition) is 1. The van der Waals surface area contributed by atoms with Crippen molar-refractivity contribution in [2.45, 2.75) is 46.1 Å². The maximum absolute atomic E-state index is 12.8. The van der Waals surface area contributed by atoms with E-state index in [0.29, 0.717) is 11.6 Å². The van der Waals surface area contributed by atoms with Gasteiger partial charge in [-0.3, -0.25) is 14.0 Å². The van der Waals surface area contributed by atoms with Gasteiger partial charge in [-0.15, -0.1) is 0 Å². The first kappa shape index (κ1) is 16.8. The number of halogens is 1. The van der Waals surface area contributed by atoms with E-state index in [0.717, 1.165) is 17.3 Å². The molecule has 0 spiro atoms. The lowest BCUT2D eigenvalue weighted by Gasteiger charge is -2.39. The molecule has 2 saturated carbocycles. The fourth-order valence-corrected chi connectivity index (χ4v) is 5.20. The van der Waals surface area contributed by atoms with E-state index in [1.165, 1.54) is 17.0 Å². The van der Waals surface area contributed by atoms with Crippen LogP contribution in [0.3, 0.4) is 0 Å². The summed E-state index contributed by atoms with van der Waals surface area (Å²) in [6.45, 7) is 6.88. The standard InChI is InChI=1S/C19H22BrN3O2/c1-18(2)11-6-7-19(18,3)14(8-11)22-16(24)13-9-21-15-5-4-12(20)10-23(15)17(13)25/h4-5,9-11,14H,6-8H2,1-3H3,(H,22,24). The zero-order valence-electron chi connectivity index (χ0n) is 14.7. The van der Waals surface area contributed by atoms with Gasteiger partial charge >= 0.3 is 0 Å². The molecule has 2 bridgehead atoms. The van der Waals surface area contributed by atoms with E-state index >= 15 is 0 Å². The first-order valence-corrected chi connectivity index (χ1v) is 9.51. The molecule has 2 aliphatic rings. The second kappa shape index (κ2) is 5.40. The number of hydrogen-bond acceptors (Lipinski definition) is 3. The SMILES string of the molecule is CC1(C)C2CCC1(C)C(NC(=O)c1cnc3ccc(Br)cn3c1=O)C2. The molecule has 5 nitrogen and oxygen atoms in total. The van der Waals surface area contributed by atoms with E-state index in [1.54, 1.807) is 12.3 Å². The average Bonchev–Trinajstić information content (AvgIpc) is 2.89. The van der Waals surface area contributed by atoms with Gasteiger partial charge in [-0.05, 0) is 64.1 Å². The first-order chi connectivity index (χ1) is 11.7. The number of amides is 1. The molecule has 0 radical (unpaired) electrons. The summed E-state index contributed by atoms with van der Waals surface area (Å²) in [4.78, 5) is 29.8. The molecule has 2 aliphatic carbocycles. The van der Waals surface area contributed by atoms with Gasteiger partial charge in [-0.2, -0.15) is 0 Å². The predicted octanol–water partition coefficient (Wildman–Crippen LogP) is 3.40. The minimum atomic E-state index is -0.337. The molecular weight excluding hydrogens is 382 g/mol. The van der Waals surface area contributed by atoms with Crippen LogP contribution in [0.2, 0.25) is 0 Å². The Hall–Kier alpha value is -1.69. The topological polar surface area (TPSA) is 63.5 Å². The molecule has 2 heterocycles. The van der Waals surface area contributed by atoms with Gasteiger partial charge in [0.05, 0.1) is 0 Å². The Balaban J connectivity index is 1.66. The van der Waals surface area contributed by atoms with Crippen molar-refractivity contribution < 1.29 is 4.79 Å². The maximum atomic E-state index is 12.8. The number of fused-ring (bicyclic) bond motifs is 3. The molecule has 1 amide bonds. The minimum absolute atomic E-state index is 0.0802. The molecule has 3 unspecified atom stereocenters. The van der Waals surface area contributed by atoms with E-state index in [9.17, 15) is 9.59 Å². The van der Waals surface area contributed by atoms with Crippen molar-refractivity contribution in [3.8, 4) is 0 Å². The lowest BCUT2D eigenvalue weighted by atomic mass is 9.69. The summed E-state index contributed by atoms with van der Waals surface area (Å²) in [6, 6.07) is 3.67. The molecule has 132 valence electrons. The second-order valence-electron chi connectivity index (χ2n) is 8.19. The monoisotopic (exact) mass is 403 g/mol. The Kier molecular flexibility index (Phi) is 3.62. The summed E-state index contributed by atoms with van der Waals surface area (Å²) in [5.41, 5.74) is 0.581. The molecular formula is C19H22BrN3O2. The van der Waals surface area contributed by atoms with Gasteiger partial charge in [-0.1, -0.05) is 20.8 Å². The van der Waals surface area contributed by atoms with Crippen molar-refractivity contribution in [1.29, 1.82) is 0 Å². The Morgan fingerprint density at radius 2 is 2.12 bits per heavy atom. The molecule has 6 heteroatoms. The number of carbonyl (C=O) groups is 1. The van der Waals surface area contributed by atoms with Gasteiger partial charge in [0, 0.05) is 22.9 Å². The van der Waals surface area contributed by atoms with E-state index in [-0.39, 0.29) is 33.9 Å². The Bertz CT molecular complexity index is 936. The van der Waals surface area contributed by atoms with Crippen LogP contribution in [0.5, 0.6) is 0 Å². The van der Waals surface area contributed by atoms with E-state index < -0.39 is 0 Å². The van der Waals surface area contributed by atoms with Crippen LogP contribution in [0.4, 0.5) is 0 Å². The van der Waals surface area contributed by atoms with Crippen LogP contribution in [0, 0.1) is 16.7 Å². The van der Waals surface area contributed by atoms with Crippen LogP contribution in [0.15, 0.2) is 33.8 Å². The normalized spacial score (nSPS) is 29.9. The predicted molar refractivity (Wildman–Crippen MR) is 99.6 cm³/mol. The van der Waals surface area contributed by atoms with E-state index in [4.69, 9.17) is 0 Å². The van der Waals surface area contributed by atoms with Crippen LogP contribution >= 0.6 is 15.9 Å². The fraction of sp³-hybridized carbons (Fsp3) is 0.526. The van der Waals surface area contributed by atoms with Gasteiger partial charge in [0.15, 0.2) is 0 Å². The van der Waals surface area contributed by atoms with Crippen LogP contribution in [-0.2, 0) is 0 Å². The van der Waals surface area contributed by atoms with Crippen molar-refractivity contribution in [2.75, 3.05) is 0 Å². The summed E-state index contributed by atoms with van der Waals surface area (Å²) in [5.74, 6) is 0.316. The molecule has 3 atom stereocenters.